The van der Waals surface area contributed by atoms with Crippen molar-refractivity contribution in [2.75, 3.05) is 46.1 Å². The number of rotatable bonds is 46. The summed E-state index contributed by atoms with van der Waals surface area (Å²) in [7, 11) is 0. The van der Waals surface area contributed by atoms with E-state index in [1.54, 1.807) is 0 Å². The van der Waals surface area contributed by atoms with Gasteiger partial charge in [0.25, 0.3) is 0 Å². The molecule has 0 aromatic heterocycles. The Balaban J connectivity index is 4.11. The SMILES string of the molecule is CCCCCCCCCCCCCCCCCC(=O)OCCCCCCN(CCO)CCCCC(COC(=O)CCCCCCC)COC(=O)CCCCCCC. The first kappa shape index (κ1) is 55.3. The maximum absolute atomic E-state index is 12.4. The van der Waals surface area contributed by atoms with Crippen molar-refractivity contribution in [2.24, 2.45) is 5.92 Å². The monoisotopic (exact) mass is 810 g/mol. The van der Waals surface area contributed by atoms with Crippen LogP contribution in [0.3, 0.4) is 0 Å². The van der Waals surface area contributed by atoms with Crippen LogP contribution in [-0.2, 0) is 28.6 Å². The molecule has 0 atom stereocenters. The number of esters is 3. The maximum atomic E-state index is 12.4. The van der Waals surface area contributed by atoms with Crippen molar-refractivity contribution in [3.63, 3.8) is 0 Å². The largest absolute Gasteiger partial charge is 0.466 e. The van der Waals surface area contributed by atoms with Gasteiger partial charge in [0.1, 0.15) is 0 Å². The van der Waals surface area contributed by atoms with Crippen LogP contribution in [0.25, 0.3) is 0 Å². The van der Waals surface area contributed by atoms with Gasteiger partial charge in [0.05, 0.1) is 26.4 Å². The molecule has 0 heterocycles. The summed E-state index contributed by atoms with van der Waals surface area (Å²) in [6.07, 6.45) is 39.1. The molecule has 8 nitrogen and oxygen atoms in total. The van der Waals surface area contributed by atoms with Crippen LogP contribution in [0.1, 0.15) is 245 Å². The van der Waals surface area contributed by atoms with E-state index in [-0.39, 0.29) is 30.4 Å². The molecule has 0 amide bonds. The Morgan fingerprint density at radius 1 is 0.404 bits per heavy atom. The fraction of sp³-hybridized carbons (Fsp3) is 0.939. The van der Waals surface area contributed by atoms with E-state index in [0.29, 0.717) is 45.6 Å². The molecule has 0 aromatic rings. The van der Waals surface area contributed by atoms with Crippen molar-refractivity contribution in [3.05, 3.63) is 0 Å². The van der Waals surface area contributed by atoms with Gasteiger partial charge in [-0.15, -0.1) is 0 Å². The third kappa shape index (κ3) is 42.3. The number of nitrogens with zero attached hydrogens (tertiary/aromatic N) is 1. The minimum Gasteiger partial charge on any atom is -0.466 e. The van der Waals surface area contributed by atoms with Gasteiger partial charge in [-0.05, 0) is 58.0 Å². The summed E-state index contributed by atoms with van der Waals surface area (Å²) >= 11 is 0. The Bertz CT molecular complexity index is 839. The molecule has 57 heavy (non-hydrogen) atoms. The summed E-state index contributed by atoms with van der Waals surface area (Å²) in [5, 5.41) is 9.65. The second-order valence-corrected chi connectivity index (χ2v) is 17.0. The van der Waals surface area contributed by atoms with Crippen molar-refractivity contribution < 1.29 is 33.7 Å². The van der Waals surface area contributed by atoms with Crippen LogP contribution in [-0.4, -0.2) is 74.0 Å². The molecule has 0 unspecified atom stereocenters. The molecule has 0 fully saturated rings. The summed E-state index contributed by atoms with van der Waals surface area (Å²) in [5.74, 6) is -0.349. The molecular weight excluding hydrogens is 715 g/mol. The maximum Gasteiger partial charge on any atom is 0.305 e. The van der Waals surface area contributed by atoms with Gasteiger partial charge in [-0.25, -0.2) is 0 Å². The van der Waals surface area contributed by atoms with E-state index >= 15 is 0 Å². The number of ether oxygens (including phenoxy) is 3. The zero-order valence-corrected chi connectivity index (χ0v) is 38.1. The van der Waals surface area contributed by atoms with Gasteiger partial charge in [0, 0.05) is 31.7 Å². The minimum absolute atomic E-state index is 0.00235. The summed E-state index contributed by atoms with van der Waals surface area (Å²) in [4.78, 5) is 39.3. The van der Waals surface area contributed by atoms with Crippen LogP contribution in [0, 0.1) is 5.92 Å². The molecular formula is C49H95NO7. The second kappa shape index (κ2) is 45.4. The van der Waals surface area contributed by atoms with E-state index in [0.717, 1.165) is 109 Å². The first-order chi connectivity index (χ1) is 28.0. The highest BCUT2D eigenvalue weighted by Gasteiger charge is 2.16. The molecule has 0 saturated heterocycles. The Morgan fingerprint density at radius 3 is 1.14 bits per heavy atom. The highest BCUT2D eigenvalue weighted by atomic mass is 16.5. The van der Waals surface area contributed by atoms with Crippen molar-refractivity contribution in [3.8, 4) is 0 Å². The lowest BCUT2D eigenvalue weighted by atomic mass is 10.0. The highest BCUT2D eigenvalue weighted by Crippen LogP contribution is 2.16. The van der Waals surface area contributed by atoms with E-state index in [1.165, 1.54) is 109 Å². The van der Waals surface area contributed by atoms with E-state index < -0.39 is 0 Å². The average Bonchev–Trinajstić information content (AvgIpc) is 3.20. The third-order valence-corrected chi connectivity index (χ3v) is 11.3. The molecule has 0 aliphatic rings. The molecule has 0 aliphatic carbocycles. The third-order valence-electron chi connectivity index (χ3n) is 11.3. The summed E-state index contributed by atoms with van der Waals surface area (Å²) in [6, 6.07) is 0. The Morgan fingerprint density at radius 2 is 0.737 bits per heavy atom. The topological polar surface area (TPSA) is 102 Å². The molecule has 0 bridgehead atoms. The van der Waals surface area contributed by atoms with E-state index in [4.69, 9.17) is 14.2 Å². The number of aliphatic hydroxyl groups is 1. The molecule has 0 aliphatic heterocycles. The lowest BCUT2D eigenvalue weighted by Gasteiger charge is -2.22. The van der Waals surface area contributed by atoms with Crippen molar-refractivity contribution in [1.82, 2.24) is 4.90 Å². The molecule has 0 rings (SSSR count). The number of unbranched alkanes of at least 4 members (excludes halogenated alkanes) is 26. The van der Waals surface area contributed by atoms with E-state index in [2.05, 4.69) is 25.7 Å². The lowest BCUT2D eigenvalue weighted by Crippen LogP contribution is -2.29. The van der Waals surface area contributed by atoms with Gasteiger partial charge in [-0.3, -0.25) is 14.4 Å². The van der Waals surface area contributed by atoms with Gasteiger partial charge in [0.2, 0.25) is 0 Å². The zero-order valence-electron chi connectivity index (χ0n) is 38.1. The van der Waals surface area contributed by atoms with Gasteiger partial charge in [-0.1, -0.05) is 181 Å². The van der Waals surface area contributed by atoms with Crippen LogP contribution in [0.15, 0.2) is 0 Å². The summed E-state index contributed by atoms with van der Waals surface area (Å²) in [5.41, 5.74) is 0. The normalized spacial score (nSPS) is 11.5. The molecule has 1 N–H and O–H groups in total. The number of hydrogen-bond acceptors (Lipinski definition) is 8. The van der Waals surface area contributed by atoms with Crippen molar-refractivity contribution in [1.29, 1.82) is 0 Å². The number of aliphatic hydroxyl groups excluding tert-OH is 1. The second-order valence-electron chi connectivity index (χ2n) is 17.0. The van der Waals surface area contributed by atoms with Crippen LogP contribution in [0.5, 0.6) is 0 Å². The Labute approximate surface area is 353 Å². The fourth-order valence-corrected chi connectivity index (χ4v) is 7.46. The first-order valence-corrected chi connectivity index (χ1v) is 24.8. The number of carbonyl (C=O) groups is 3. The van der Waals surface area contributed by atoms with E-state index in [9.17, 15) is 19.5 Å². The Hall–Kier alpha value is -1.67. The van der Waals surface area contributed by atoms with Crippen molar-refractivity contribution in [2.45, 2.75) is 245 Å². The zero-order chi connectivity index (χ0) is 41.7. The predicted molar refractivity (Wildman–Crippen MR) is 239 cm³/mol. The van der Waals surface area contributed by atoms with Gasteiger partial charge in [0.15, 0.2) is 0 Å². The summed E-state index contributed by atoms with van der Waals surface area (Å²) < 4.78 is 16.8. The van der Waals surface area contributed by atoms with Crippen LogP contribution < -0.4 is 0 Å². The molecule has 0 saturated carbocycles. The number of hydrogen-bond donors (Lipinski definition) is 1. The standard InChI is InChI=1S/C49H95NO7/c1-4-7-10-13-14-15-16-17-18-19-20-21-22-25-30-36-47(52)55-43-34-27-26-32-39-50(41-42-51)40-33-31-35-46(44-56-48(53)37-28-23-11-8-5-2)45-57-49(54)38-29-24-12-9-6-3/h46,51H,4-45H2,1-3H3. The van der Waals surface area contributed by atoms with Crippen LogP contribution >= 0.6 is 0 Å². The van der Waals surface area contributed by atoms with Crippen molar-refractivity contribution >= 4 is 17.9 Å². The molecule has 0 spiro atoms. The quantitative estimate of drug-likeness (QED) is 0.0368. The lowest BCUT2D eigenvalue weighted by molar-refractivity contribution is -0.149. The van der Waals surface area contributed by atoms with Crippen LogP contribution in [0.2, 0.25) is 0 Å². The molecule has 0 aromatic carbocycles. The fourth-order valence-electron chi connectivity index (χ4n) is 7.46. The minimum atomic E-state index is -0.151. The molecule has 8 heteroatoms. The molecule has 0 radical (unpaired) electrons. The molecule has 338 valence electrons. The summed E-state index contributed by atoms with van der Waals surface area (Å²) in [6.45, 7) is 10.4. The van der Waals surface area contributed by atoms with Crippen LogP contribution in [0.4, 0.5) is 0 Å². The Kier molecular flexibility index (Phi) is 44.1. The van der Waals surface area contributed by atoms with Gasteiger partial charge >= 0.3 is 17.9 Å². The highest BCUT2D eigenvalue weighted by molar-refractivity contribution is 5.70. The van der Waals surface area contributed by atoms with Gasteiger partial charge in [-0.2, -0.15) is 0 Å². The smallest absolute Gasteiger partial charge is 0.305 e. The first-order valence-electron chi connectivity index (χ1n) is 24.8. The van der Waals surface area contributed by atoms with E-state index in [1.807, 2.05) is 0 Å². The average molecular weight is 810 g/mol. The predicted octanol–water partition coefficient (Wildman–Crippen LogP) is 13.2. The van der Waals surface area contributed by atoms with Gasteiger partial charge < -0.3 is 24.2 Å². The number of carbonyl (C=O) groups excluding carboxylic acids is 3.